The van der Waals surface area contributed by atoms with Gasteiger partial charge in [0.2, 0.25) is 0 Å². The average molecular weight is 369 g/mol. The van der Waals surface area contributed by atoms with Crippen molar-refractivity contribution in [1.29, 1.82) is 0 Å². The van der Waals surface area contributed by atoms with Crippen molar-refractivity contribution < 1.29 is 4.79 Å². The highest BCUT2D eigenvalue weighted by molar-refractivity contribution is 6.01. The second-order valence-electron chi connectivity index (χ2n) is 7.51. The van der Waals surface area contributed by atoms with Crippen molar-refractivity contribution >= 4 is 33.4 Å². The maximum Gasteiger partial charge on any atom is 0.321 e. The number of carbonyl (C=O) groups is 1. The molecule has 4 heteroatoms. The lowest BCUT2D eigenvalue weighted by Gasteiger charge is -2.32. The molecule has 1 aromatic heterocycles. The lowest BCUT2D eigenvalue weighted by atomic mass is 9.89. The van der Waals surface area contributed by atoms with Gasteiger partial charge in [-0.25, -0.2) is 4.79 Å². The number of nitrogens with one attached hydrogen (secondary N) is 2. The van der Waals surface area contributed by atoms with Gasteiger partial charge in [0.1, 0.15) is 0 Å². The summed E-state index contributed by atoms with van der Waals surface area (Å²) in [7, 11) is 0. The number of aromatic nitrogens is 1. The van der Waals surface area contributed by atoms with E-state index in [2.05, 4.69) is 52.9 Å². The van der Waals surface area contributed by atoms with Crippen molar-refractivity contribution in [2.45, 2.75) is 18.8 Å². The number of hydrogen-bond donors (Lipinski definition) is 2. The van der Waals surface area contributed by atoms with E-state index in [-0.39, 0.29) is 6.03 Å². The summed E-state index contributed by atoms with van der Waals surface area (Å²) in [5.41, 5.74) is 3.44. The molecule has 0 saturated carbocycles. The molecule has 0 atom stereocenters. The summed E-state index contributed by atoms with van der Waals surface area (Å²) in [4.78, 5) is 18.1. The van der Waals surface area contributed by atoms with Gasteiger partial charge in [0.25, 0.3) is 0 Å². The number of urea groups is 1. The number of aromatic amines is 1. The number of carbonyl (C=O) groups excluding carboxylic acids is 1. The van der Waals surface area contributed by atoms with E-state index in [9.17, 15) is 4.79 Å². The molecule has 2 heterocycles. The second-order valence-corrected chi connectivity index (χ2v) is 7.51. The Morgan fingerprint density at radius 3 is 2.46 bits per heavy atom. The minimum atomic E-state index is -0.00581. The number of benzene rings is 3. The summed E-state index contributed by atoms with van der Waals surface area (Å²) in [6.07, 6.45) is 4.12. The van der Waals surface area contributed by atoms with Gasteiger partial charge in [0.15, 0.2) is 0 Å². The predicted molar refractivity (Wildman–Crippen MR) is 115 cm³/mol. The van der Waals surface area contributed by atoms with E-state index in [1.165, 1.54) is 16.5 Å². The van der Waals surface area contributed by atoms with Gasteiger partial charge >= 0.3 is 6.03 Å². The number of anilines is 1. The van der Waals surface area contributed by atoms with Crippen LogP contribution in [0.1, 0.15) is 24.3 Å². The SMILES string of the molecule is O=C(Nc1cccc2ccccc12)N1CCC(c2c[nH]c3ccccc23)CC1. The molecule has 5 rings (SSSR count). The van der Waals surface area contributed by atoms with Crippen LogP contribution < -0.4 is 5.32 Å². The molecule has 1 saturated heterocycles. The number of amides is 2. The number of rotatable bonds is 2. The van der Waals surface area contributed by atoms with Crippen LogP contribution in [-0.4, -0.2) is 29.0 Å². The molecule has 0 spiro atoms. The Balaban J connectivity index is 1.28. The maximum atomic E-state index is 12.8. The van der Waals surface area contributed by atoms with E-state index >= 15 is 0 Å². The molecule has 140 valence electrons. The Morgan fingerprint density at radius 1 is 0.893 bits per heavy atom. The predicted octanol–water partition coefficient (Wildman–Crippen LogP) is 5.73. The van der Waals surface area contributed by atoms with Gasteiger partial charge in [-0.05, 0) is 41.8 Å². The molecule has 0 bridgehead atoms. The summed E-state index contributed by atoms with van der Waals surface area (Å²) in [6, 6.07) is 22.6. The van der Waals surface area contributed by atoms with Gasteiger partial charge in [-0.3, -0.25) is 0 Å². The molecule has 2 amide bonds. The Labute approximate surface area is 164 Å². The normalized spacial score (nSPS) is 15.2. The number of H-pyrrole nitrogens is 1. The zero-order valence-electron chi connectivity index (χ0n) is 15.7. The van der Waals surface area contributed by atoms with Crippen molar-refractivity contribution in [3.05, 3.63) is 78.5 Å². The molecule has 0 unspecified atom stereocenters. The van der Waals surface area contributed by atoms with Crippen LogP contribution in [0.5, 0.6) is 0 Å². The fourth-order valence-corrected chi connectivity index (χ4v) is 4.35. The highest BCUT2D eigenvalue weighted by Crippen LogP contribution is 2.33. The third-order valence-electron chi connectivity index (χ3n) is 5.87. The fourth-order valence-electron chi connectivity index (χ4n) is 4.35. The average Bonchev–Trinajstić information content (AvgIpc) is 3.18. The highest BCUT2D eigenvalue weighted by Gasteiger charge is 2.25. The highest BCUT2D eigenvalue weighted by atomic mass is 16.2. The second kappa shape index (κ2) is 7.04. The van der Waals surface area contributed by atoms with Crippen LogP contribution in [-0.2, 0) is 0 Å². The van der Waals surface area contributed by atoms with E-state index < -0.39 is 0 Å². The van der Waals surface area contributed by atoms with E-state index in [1.54, 1.807) is 0 Å². The van der Waals surface area contributed by atoms with Crippen molar-refractivity contribution in [2.24, 2.45) is 0 Å². The smallest absolute Gasteiger partial charge is 0.321 e. The molecule has 1 aliphatic rings. The van der Waals surface area contributed by atoms with Crippen LogP contribution in [0.4, 0.5) is 10.5 Å². The first-order valence-corrected chi connectivity index (χ1v) is 9.89. The van der Waals surface area contributed by atoms with E-state index in [1.807, 2.05) is 35.2 Å². The zero-order chi connectivity index (χ0) is 18.9. The first-order valence-electron chi connectivity index (χ1n) is 9.89. The van der Waals surface area contributed by atoms with Crippen LogP contribution in [0.3, 0.4) is 0 Å². The Kier molecular flexibility index (Phi) is 4.24. The Morgan fingerprint density at radius 2 is 1.61 bits per heavy atom. The topological polar surface area (TPSA) is 48.1 Å². The molecule has 4 nitrogen and oxygen atoms in total. The standard InChI is InChI=1S/C24H23N3O/c28-24(26-23-11-5-7-17-6-1-2-8-19(17)23)27-14-12-18(13-15-27)21-16-25-22-10-4-3-9-20(21)22/h1-11,16,18,25H,12-15H2,(H,26,28). The quantitative estimate of drug-likeness (QED) is 0.465. The number of likely N-dealkylation sites (tertiary alicyclic amines) is 1. The summed E-state index contributed by atoms with van der Waals surface area (Å²) in [6.45, 7) is 1.56. The third-order valence-corrected chi connectivity index (χ3v) is 5.87. The minimum absolute atomic E-state index is 0.00581. The van der Waals surface area contributed by atoms with E-state index in [0.29, 0.717) is 5.92 Å². The van der Waals surface area contributed by atoms with Crippen LogP contribution in [0.25, 0.3) is 21.7 Å². The van der Waals surface area contributed by atoms with Crippen molar-refractivity contribution in [3.63, 3.8) is 0 Å². The summed E-state index contributed by atoms with van der Waals surface area (Å²) in [5.74, 6) is 0.498. The van der Waals surface area contributed by atoms with E-state index in [4.69, 9.17) is 0 Å². The Hall–Kier alpha value is -3.27. The molecule has 1 aliphatic heterocycles. The number of piperidine rings is 1. The van der Waals surface area contributed by atoms with Gasteiger partial charge < -0.3 is 15.2 Å². The number of nitrogens with zero attached hydrogens (tertiary/aromatic N) is 1. The van der Waals surface area contributed by atoms with Gasteiger partial charge in [-0.1, -0.05) is 54.6 Å². The summed E-state index contributed by atoms with van der Waals surface area (Å²) >= 11 is 0. The zero-order valence-corrected chi connectivity index (χ0v) is 15.7. The fraction of sp³-hybridized carbons (Fsp3) is 0.208. The van der Waals surface area contributed by atoms with Gasteiger partial charge in [0, 0.05) is 35.6 Å². The lowest BCUT2D eigenvalue weighted by molar-refractivity contribution is 0.195. The first-order chi connectivity index (χ1) is 13.8. The molecule has 0 aliphatic carbocycles. The molecule has 2 N–H and O–H groups in total. The van der Waals surface area contributed by atoms with E-state index in [0.717, 1.165) is 42.4 Å². The molecule has 28 heavy (non-hydrogen) atoms. The number of para-hydroxylation sites is 1. The van der Waals surface area contributed by atoms with Gasteiger partial charge in [-0.2, -0.15) is 0 Å². The van der Waals surface area contributed by atoms with Crippen molar-refractivity contribution in [2.75, 3.05) is 18.4 Å². The third kappa shape index (κ3) is 3.01. The molecular weight excluding hydrogens is 346 g/mol. The molecular formula is C24H23N3O. The van der Waals surface area contributed by atoms with Gasteiger partial charge in [-0.15, -0.1) is 0 Å². The Bertz CT molecular complexity index is 1130. The summed E-state index contributed by atoms with van der Waals surface area (Å²) < 4.78 is 0. The van der Waals surface area contributed by atoms with Crippen molar-refractivity contribution in [3.8, 4) is 0 Å². The van der Waals surface area contributed by atoms with Crippen LogP contribution in [0, 0.1) is 0 Å². The molecule has 0 radical (unpaired) electrons. The lowest BCUT2D eigenvalue weighted by Crippen LogP contribution is -2.40. The van der Waals surface area contributed by atoms with Crippen LogP contribution >= 0.6 is 0 Å². The minimum Gasteiger partial charge on any atom is -0.361 e. The maximum absolute atomic E-state index is 12.8. The number of fused-ring (bicyclic) bond motifs is 2. The van der Waals surface area contributed by atoms with Crippen LogP contribution in [0.2, 0.25) is 0 Å². The summed E-state index contributed by atoms with van der Waals surface area (Å²) in [5, 5.41) is 6.63. The molecule has 1 fully saturated rings. The van der Waals surface area contributed by atoms with Crippen molar-refractivity contribution in [1.82, 2.24) is 9.88 Å². The largest absolute Gasteiger partial charge is 0.361 e. The first kappa shape index (κ1) is 16.9. The van der Waals surface area contributed by atoms with Gasteiger partial charge in [0.05, 0.1) is 5.69 Å². The number of hydrogen-bond acceptors (Lipinski definition) is 1. The van der Waals surface area contributed by atoms with Crippen LogP contribution in [0.15, 0.2) is 72.9 Å². The monoisotopic (exact) mass is 369 g/mol. The molecule has 3 aromatic carbocycles. The molecule has 4 aromatic rings.